The van der Waals surface area contributed by atoms with Crippen molar-refractivity contribution in [2.45, 2.75) is 13.0 Å². The Morgan fingerprint density at radius 2 is 1.97 bits per heavy atom. The summed E-state index contributed by atoms with van der Waals surface area (Å²) in [5, 5.41) is 8.73. The van der Waals surface area contributed by atoms with E-state index in [1.165, 1.54) is 18.3 Å². The molecule has 1 fully saturated rings. The molecule has 4 aromatic rings. The minimum Gasteiger partial charge on any atom is -0.334 e. The molecule has 1 atom stereocenters. The van der Waals surface area contributed by atoms with Gasteiger partial charge in [0.15, 0.2) is 0 Å². The summed E-state index contributed by atoms with van der Waals surface area (Å²) in [4.78, 5) is 25.3. The zero-order valence-electron chi connectivity index (χ0n) is 17.8. The van der Waals surface area contributed by atoms with E-state index < -0.39 is 0 Å². The van der Waals surface area contributed by atoms with Crippen LogP contribution in [0.2, 0.25) is 0 Å². The van der Waals surface area contributed by atoms with Crippen molar-refractivity contribution in [1.29, 1.82) is 0 Å². The smallest absolute Gasteiger partial charge is 0.274 e. The number of aryl methyl sites for hydroxylation is 1. The molecule has 0 aliphatic carbocycles. The molecule has 162 valence electrons. The van der Waals surface area contributed by atoms with Crippen LogP contribution in [0.25, 0.3) is 16.6 Å². The topological polar surface area (TPSA) is 79.5 Å². The van der Waals surface area contributed by atoms with Gasteiger partial charge in [-0.25, -0.2) is 13.9 Å². The fraction of sp³-hybridized carbons (Fsp3) is 0.261. The number of carbonyl (C=O) groups is 1. The van der Waals surface area contributed by atoms with E-state index in [2.05, 4.69) is 25.2 Å². The molecule has 1 saturated heterocycles. The fourth-order valence-corrected chi connectivity index (χ4v) is 4.01. The number of piperazine rings is 1. The van der Waals surface area contributed by atoms with Crippen LogP contribution in [0, 0.1) is 12.7 Å². The molecule has 1 aromatic carbocycles. The van der Waals surface area contributed by atoms with Crippen molar-refractivity contribution in [3.8, 4) is 11.1 Å². The first kappa shape index (κ1) is 20.2. The first-order valence-corrected chi connectivity index (χ1v) is 10.4. The van der Waals surface area contributed by atoms with Crippen molar-refractivity contribution in [3.05, 3.63) is 77.9 Å². The Hall–Kier alpha value is -3.72. The Balaban J connectivity index is 1.43. The Morgan fingerprint density at radius 3 is 2.75 bits per heavy atom. The highest BCUT2D eigenvalue weighted by atomic mass is 19.1. The van der Waals surface area contributed by atoms with Gasteiger partial charge in [-0.2, -0.15) is 0 Å². The number of rotatable bonds is 3. The summed E-state index contributed by atoms with van der Waals surface area (Å²) < 4.78 is 15.3. The van der Waals surface area contributed by atoms with E-state index in [1.807, 2.05) is 38.4 Å². The standard InChI is InChI=1S/C23H22FN7O/c1-15-11-26-19(12-25-15)23(32)30-9-8-29(2)21(14-30)22-20-7-6-17(13-31(20)28-27-22)16-4-3-5-18(24)10-16/h3-7,10-13,21H,8-9,14H2,1-2H3. The number of likely N-dealkylation sites (N-methyl/N-ethyl adjacent to an activating group) is 1. The highest BCUT2D eigenvalue weighted by Crippen LogP contribution is 2.28. The SMILES string of the molecule is Cc1cnc(C(=O)N2CCN(C)C(c3nnn4cc(-c5cccc(F)c5)ccc34)C2)cn1. The van der Waals surface area contributed by atoms with Crippen LogP contribution < -0.4 is 0 Å². The average molecular weight is 431 g/mol. The minimum absolute atomic E-state index is 0.108. The number of aromatic nitrogens is 5. The quantitative estimate of drug-likeness (QED) is 0.496. The molecule has 1 amide bonds. The number of hydrogen-bond donors (Lipinski definition) is 0. The normalized spacial score (nSPS) is 17.1. The number of carbonyl (C=O) groups excluding carboxylic acids is 1. The maximum Gasteiger partial charge on any atom is 0.274 e. The predicted octanol–water partition coefficient (Wildman–Crippen LogP) is 2.76. The second-order valence-electron chi connectivity index (χ2n) is 8.02. The number of amides is 1. The number of fused-ring (bicyclic) bond motifs is 1. The van der Waals surface area contributed by atoms with Gasteiger partial charge in [-0.3, -0.25) is 14.7 Å². The lowest BCUT2D eigenvalue weighted by Gasteiger charge is -2.38. The molecule has 0 radical (unpaired) electrons. The van der Waals surface area contributed by atoms with Gasteiger partial charge in [-0.1, -0.05) is 23.4 Å². The van der Waals surface area contributed by atoms with E-state index in [9.17, 15) is 9.18 Å². The lowest BCUT2D eigenvalue weighted by atomic mass is 10.1. The maximum absolute atomic E-state index is 13.6. The second kappa shape index (κ2) is 8.08. The fourth-order valence-electron chi connectivity index (χ4n) is 4.01. The average Bonchev–Trinajstić information content (AvgIpc) is 3.22. The molecule has 5 rings (SSSR count). The van der Waals surface area contributed by atoms with Crippen LogP contribution in [-0.4, -0.2) is 67.2 Å². The van der Waals surface area contributed by atoms with Gasteiger partial charge in [0.2, 0.25) is 0 Å². The third-order valence-electron chi connectivity index (χ3n) is 5.85. The van der Waals surface area contributed by atoms with Gasteiger partial charge in [0.1, 0.15) is 17.2 Å². The van der Waals surface area contributed by atoms with Crippen molar-refractivity contribution < 1.29 is 9.18 Å². The summed E-state index contributed by atoms with van der Waals surface area (Å²) >= 11 is 0. The van der Waals surface area contributed by atoms with Gasteiger partial charge in [0.05, 0.1) is 23.4 Å². The molecule has 1 unspecified atom stereocenters. The predicted molar refractivity (Wildman–Crippen MR) is 116 cm³/mol. The van der Waals surface area contributed by atoms with Crippen LogP contribution in [-0.2, 0) is 0 Å². The van der Waals surface area contributed by atoms with Crippen molar-refractivity contribution in [3.63, 3.8) is 0 Å². The Morgan fingerprint density at radius 1 is 1.09 bits per heavy atom. The number of benzene rings is 1. The van der Waals surface area contributed by atoms with Crippen molar-refractivity contribution in [2.24, 2.45) is 0 Å². The number of hydrogen-bond acceptors (Lipinski definition) is 6. The largest absolute Gasteiger partial charge is 0.334 e. The number of nitrogens with zero attached hydrogens (tertiary/aromatic N) is 7. The molecule has 9 heteroatoms. The first-order valence-electron chi connectivity index (χ1n) is 10.4. The molecular weight excluding hydrogens is 409 g/mol. The highest BCUT2D eigenvalue weighted by Gasteiger charge is 2.32. The van der Waals surface area contributed by atoms with Crippen LogP contribution >= 0.6 is 0 Å². The third-order valence-corrected chi connectivity index (χ3v) is 5.85. The molecule has 1 aliphatic rings. The molecule has 3 aromatic heterocycles. The second-order valence-corrected chi connectivity index (χ2v) is 8.02. The lowest BCUT2D eigenvalue weighted by molar-refractivity contribution is 0.0536. The summed E-state index contributed by atoms with van der Waals surface area (Å²) in [7, 11) is 2.02. The summed E-state index contributed by atoms with van der Waals surface area (Å²) in [5.74, 6) is -0.422. The lowest BCUT2D eigenvalue weighted by Crippen LogP contribution is -2.49. The Kier molecular flexibility index (Phi) is 5.10. The van der Waals surface area contributed by atoms with Gasteiger partial charge in [-0.05, 0) is 37.7 Å². The Bertz CT molecular complexity index is 1290. The minimum atomic E-state index is -0.284. The number of pyridine rings is 1. The summed E-state index contributed by atoms with van der Waals surface area (Å²) in [5.41, 5.74) is 4.38. The van der Waals surface area contributed by atoms with Gasteiger partial charge >= 0.3 is 0 Å². The molecule has 0 bridgehead atoms. The van der Waals surface area contributed by atoms with E-state index >= 15 is 0 Å². The molecule has 0 spiro atoms. The van der Waals surface area contributed by atoms with E-state index in [0.717, 1.165) is 28.0 Å². The molecule has 0 saturated carbocycles. The molecule has 0 N–H and O–H groups in total. The van der Waals surface area contributed by atoms with E-state index in [1.54, 1.807) is 21.7 Å². The van der Waals surface area contributed by atoms with Crippen molar-refractivity contribution in [2.75, 3.05) is 26.7 Å². The van der Waals surface area contributed by atoms with E-state index in [4.69, 9.17) is 0 Å². The maximum atomic E-state index is 13.6. The molecule has 32 heavy (non-hydrogen) atoms. The zero-order valence-corrected chi connectivity index (χ0v) is 17.8. The van der Waals surface area contributed by atoms with Gasteiger partial charge in [-0.15, -0.1) is 5.10 Å². The third kappa shape index (κ3) is 3.71. The summed E-state index contributed by atoms with van der Waals surface area (Å²) in [6.45, 7) is 3.62. The van der Waals surface area contributed by atoms with Crippen LogP contribution in [0.4, 0.5) is 4.39 Å². The van der Waals surface area contributed by atoms with Crippen LogP contribution in [0.15, 0.2) is 55.0 Å². The Labute approximate surface area is 184 Å². The molecular formula is C23H22FN7O. The first-order chi connectivity index (χ1) is 15.5. The van der Waals surface area contributed by atoms with Gasteiger partial charge in [0.25, 0.3) is 5.91 Å². The molecule has 1 aliphatic heterocycles. The zero-order chi connectivity index (χ0) is 22.2. The molecule has 4 heterocycles. The van der Waals surface area contributed by atoms with E-state index in [0.29, 0.717) is 25.3 Å². The summed E-state index contributed by atoms with van der Waals surface area (Å²) in [6, 6.07) is 10.2. The van der Waals surface area contributed by atoms with Crippen molar-refractivity contribution >= 4 is 11.4 Å². The van der Waals surface area contributed by atoms with E-state index in [-0.39, 0.29) is 17.8 Å². The summed E-state index contributed by atoms with van der Waals surface area (Å²) in [6.07, 6.45) is 4.96. The highest BCUT2D eigenvalue weighted by molar-refractivity contribution is 5.92. The van der Waals surface area contributed by atoms with Gasteiger partial charge < -0.3 is 4.90 Å². The van der Waals surface area contributed by atoms with Gasteiger partial charge in [0, 0.05) is 37.6 Å². The van der Waals surface area contributed by atoms with Crippen LogP contribution in [0.3, 0.4) is 0 Å². The number of halogens is 1. The van der Waals surface area contributed by atoms with Crippen molar-refractivity contribution in [1.82, 2.24) is 34.6 Å². The molecule has 8 nitrogen and oxygen atoms in total. The van der Waals surface area contributed by atoms with Crippen LogP contribution in [0.1, 0.15) is 27.9 Å². The monoisotopic (exact) mass is 431 g/mol. The van der Waals surface area contributed by atoms with Crippen LogP contribution in [0.5, 0.6) is 0 Å².